The number of nitrogens with zero attached hydrogens (tertiary/aromatic N) is 2. The topological polar surface area (TPSA) is 62.1 Å². The van der Waals surface area contributed by atoms with E-state index < -0.39 is 0 Å². The molecule has 0 unspecified atom stereocenters. The molecule has 1 fully saturated rings. The van der Waals surface area contributed by atoms with Crippen molar-refractivity contribution >= 4 is 28.9 Å². The first-order valence-electron chi connectivity index (χ1n) is 11.0. The van der Waals surface area contributed by atoms with E-state index in [1.165, 1.54) is 17.3 Å². The molecule has 0 radical (unpaired) electrons. The van der Waals surface area contributed by atoms with Crippen LogP contribution < -0.4 is 0 Å². The molecule has 0 bridgehead atoms. The quantitative estimate of drug-likeness (QED) is 0.499. The Balaban J connectivity index is 1.54. The van der Waals surface area contributed by atoms with E-state index in [0.717, 1.165) is 53.4 Å². The van der Waals surface area contributed by atoms with Crippen LogP contribution in [0.1, 0.15) is 31.4 Å². The van der Waals surface area contributed by atoms with E-state index in [-0.39, 0.29) is 5.91 Å². The van der Waals surface area contributed by atoms with Crippen LogP contribution in [0.25, 0.3) is 17.2 Å². The summed E-state index contributed by atoms with van der Waals surface area (Å²) in [6.07, 6.45) is 5.80. The van der Waals surface area contributed by atoms with Crippen molar-refractivity contribution < 1.29 is 14.6 Å². The van der Waals surface area contributed by atoms with Crippen molar-refractivity contribution in [2.45, 2.75) is 26.7 Å². The number of ether oxygens (including phenoxy) is 1. The first-order chi connectivity index (χ1) is 15.5. The average Bonchev–Trinajstić information content (AvgIpc) is 3.16. The zero-order chi connectivity index (χ0) is 22.5. The zero-order valence-corrected chi connectivity index (χ0v) is 19.3. The van der Waals surface area contributed by atoms with Gasteiger partial charge in [-0.3, -0.25) is 4.79 Å². The highest BCUT2D eigenvalue weighted by molar-refractivity contribution is 8.18. The fourth-order valence-electron chi connectivity index (χ4n) is 3.87. The van der Waals surface area contributed by atoms with Gasteiger partial charge in [0.1, 0.15) is 5.75 Å². The molecule has 6 heteroatoms. The Morgan fingerprint density at radius 1 is 1.19 bits per heavy atom. The largest absolute Gasteiger partial charge is 0.508 e. The molecule has 0 aliphatic carbocycles. The lowest BCUT2D eigenvalue weighted by Crippen LogP contribution is -2.38. The van der Waals surface area contributed by atoms with Crippen LogP contribution in [0.3, 0.4) is 0 Å². The maximum atomic E-state index is 12.5. The highest BCUT2D eigenvalue weighted by atomic mass is 32.2. The number of rotatable bonds is 5. The molecule has 0 saturated carbocycles. The molecule has 32 heavy (non-hydrogen) atoms. The number of amidine groups is 1. The van der Waals surface area contributed by atoms with E-state index in [9.17, 15) is 9.90 Å². The smallest absolute Gasteiger partial charge is 0.286 e. The number of carbonyl (C=O) groups excluding carboxylic acids is 1. The first-order valence-corrected chi connectivity index (χ1v) is 11.8. The minimum absolute atomic E-state index is 0.188. The van der Waals surface area contributed by atoms with E-state index >= 15 is 0 Å². The van der Waals surface area contributed by atoms with Crippen LogP contribution in [0.2, 0.25) is 0 Å². The molecule has 2 aromatic carbocycles. The SMILES string of the molecule is CC/C=C(\C)Cc1cc(-c2cccc(/C=C3\SC(N4CCOCC4)=NC3=O)c2)ccc1O. The first kappa shape index (κ1) is 22.4. The van der Waals surface area contributed by atoms with Crippen LogP contribution in [0.15, 0.2) is 64.0 Å². The van der Waals surface area contributed by atoms with Gasteiger partial charge < -0.3 is 14.7 Å². The number of morpholine rings is 1. The average molecular weight is 449 g/mol. The predicted molar refractivity (Wildman–Crippen MR) is 132 cm³/mol. The van der Waals surface area contributed by atoms with Crippen LogP contribution in [0.4, 0.5) is 0 Å². The van der Waals surface area contributed by atoms with E-state index in [0.29, 0.717) is 23.9 Å². The van der Waals surface area contributed by atoms with Crippen LogP contribution in [-0.4, -0.2) is 47.4 Å². The molecule has 1 N–H and O–H groups in total. The number of hydrogen-bond donors (Lipinski definition) is 1. The minimum Gasteiger partial charge on any atom is -0.508 e. The number of hydrogen-bond acceptors (Lipinski definition) is 5. The standard InChI is InChI=1S/C26H28N2O3S/c1-3-5-18(2)14-22-17-21(8-9-23(22)29)20-7-4-6-19(15-20)16-24-25(30)27-26(32-24)28-10-12-31-13-11-28/h4-9,15-17,29H,3,10-14H2,1-2H3/b18-5+,24-16-. The number of aliphatic imine (C=N–C) groups is 1. The molecule has 166 valence electrons. The molecule has 1 amide bonds. The summed E-state index contributed by atoms with van der Waals surface area (Å²) >= 11 is 1.43. The molecule has 4 rings (SSSR count). The highest BCUT2D eigenvalue weighted by Gasteiger charge is 2.27. The minimum atomic E-state index is -0.188. The summed E-state index contributed by atoms with van der Waals surface area (Å²) in [6, 6.07) is 13.8. The van der Waals surface area contributed by atoms with Gasteiger partial charge >= 0.3 is 0 Å². The van der Waals surface area contributed by atoms with Gasteiger partial charge in [0.15, 0.2) is 5.17 Å². The number of phenols is 1. The summed E-state index contributed by atoms with van der Waals surface area (Å²) in [7, 11) is 0. The third-order valence-corrected chi connectivity index (χ3v) is 6.55. The van der Waals surface area contributed by atoms with Crippen LogP contribution in [0.5, 0.6) is 5.75 Å². The summed E-state index contributed by atoms with van der Waals surface area (Å²) < 4.78 is 5.39. The van der Waals surface area contributed by atoms with Crippen LogP contribution in [0, 0.1) is 0 Å². The summed E-state index contributed by atoms with van der Waals surface area (Å²) in [5.41, 5.74) is 5.19. The number of allylic oxidation sites excluding steroid dienone is 2. The number of phenolic OH excluding ortho intramolecular Hbond substituents is 1. The molecule has 2 aliphatic heterocycles. The summed E-state index contributed by atoms with van der Waals surface area (Å²) in [6.45, 7) is 7.05. The third kappa shape index (κ3) is 5.31. The molecule has 2 aliphatic rings. The number of thioether (sulfide) groups is 1. The number of aromatic hydroxyl groups is 1. The lowest BCUT2D eigenvalue weighted by atomic mass is 9.97. The Labute approximate surface area is 193 Å². The summed E-state index contributed by atoms with van der Waals surface area (Å²) in [5, 5.41) is 11.1. The molecule has 2 heterocycles. The Kier molecular flexibility index (Phi) is 7.12. The molecule has 5 nitrogen and oxygen atoms in total. The molecule has 0 spiro atoms. The monoisotopic (exact) mass is 448 g/mol. The summed E-state index contributed by atoms with van der Waals surface area (Å²) in [5.74, 6) is 0.128. The van der Waals surface area contributed by atoms with Crippen molar-refractivity contribution in [2.75, 3.05) is 26.3 Å². The Morgan fingerprint density at radius 3 is 2.75 bits per heavy atom. The molecular formula is C26H28N2O3S. The molecule has 2 aromatic rings. The second-order valence-electron chi connectivity index (χ2n) is 8.01. The van der Waals surface area contributed by atoms with E-state index in [4.69, 9.17) is 4.74 Å². The molecule has 0 atom stereocenters. The lowest BCUT2D eigenvalue weighted by molar-refractivity contribution is -0.113. The number of benzene rings is 2. The zero-order valence-electron chi connectivity index (χ0n) is 18.5. The van der Waals surface area contributed by atoms with Gasteiger partial charge in [0.25, 0.3) is 5.91 Å². The second-order valence-corrected chi connectivity index (χ2v) is 9.02. The van der Waals surface area contributed by atoms with Gasteiger partial charge in [0.2, 0.25) is 0 Å². The van der Waals surface area contributed by atoms with Gasteiger partial charge in [-0.15, -0.1) is 0 Å². The Bertz CT molecular complexity index is 1100. The van der Waals surface area contributed by atoms with Gasteiger partial charge in [0, 0.05) is 13.1 Å². The molecular weight excluding hydrogens is 420 g/mol. The van der Waals surface area contributed by atoms with Crippen molar-refractivity contribution in [1.82, 2.24) is 4.90 Å². The second kappa shape index (κ2) is 10.2. The van der Waals surface area contributed by atoms with Gasteiger partial charge in [-0.25, -0.2) is 0 Å². The van der Waals surface area contributed by atoms with Gasteiger partial charge in [-0.2, -0.15) is 4.99 Å². The van der Waals surface area contributed by atoms with Crippen molar-refractivity contribution in [3.8, 4) is 16.9 Å². The third-order valence-electron chi connectivity index (χ3n) is 5.51. The predicted octanol–water partition coefficient (Wildman–Crippen LogP) is 5.26. The highest BCUT2D eigenvalue weighted by Crippen LogP contribution is 2.32. The van der Waals surface area contributed by atoms with E-state index in [2.05, 4.69) is 35.9 Å². The van der Waals surface area contributed by atoms with Gasteiger partial charge in [0.05, 0.1) is 18.1 Å². The molecule has 1 saturated heterocycles. The maximum Gasteiger partial charge on any atom is 0.286 e. The fraction of sp³-hybridized carbons (Fsp3) is 0.308. The van der Waals surface area contributed by atoms with Crippen LogP contribution in [-0.2, 0) is 16.0 Å². The fourth-order valence-corrected chi connectivity index (χ4v) is 4.84. The Morgan fingerprint density at radius 2 is 1.97 bits per heavy atom. The van der Waals surface area contributed by atoms with Crippen molar-refractivity contribution in [2.24, 2.45) is 4.99 Å². The van der Waals surface area contributed by atoms with Crippen molar-refractivity contribution in [3.05, 3.63) is 70.1 Å². The number of amides is 1. The molecule has 0 aromatic heterocycles. The van der Waals surface area contributed by atoms with Crippen LogP contribution >= 0.6 is 11.8 Å². The van der Waals surface area contributed by atoms with Gasteiger partial charge in [-0.05, 0) is 78.1 Å². The van der Waals surface area contributed by atoms with E-state index in [1.54, 1.807) is 6.07 Å². The van der Waals surface area contributed by atoms with Crippen molar-refractivity contribution in [3.63, 3.8) is 0 Å². The maximum absolute atomic E-state index is 12.5. The normalized spacial score (nSPS) is 18.4. The van der Waals surface area contributed by atoms with Crippen molar-refractivity contribution in [1.29, 1.82) is 0 Å². The van der Waals surface area contributed by atoms with Gasteiger partial charge in [-0.1, -0.05) is 42.8 Å². The van der Waals surface area contributed by atoms with E-state index in [1.807, 2.05) is 36.4 Å². The summed E-state index contributed by atoms with van der Waals surface area (Å²) in [4.78, 5) is 19.4. The lowest BCUT2D eigenvalue weighted by Gasteiger charge is -2.27. The number of carbonyl (C=O) groups is 1. The Hall–Kier alpha value is -2.83.